The number of unbranched alkanes of at least 4 members (excludes halogenated alkanes) is 9. The Kier molecular flexibility index (Phi) is 12.3. The molecule has 0 saturated carbocycles. The summed E-state index contributed by atoms with van der Waals surface area (Å²) in [6.07, 6.45) is 21.2. The zero-order valence-electron chi connectivity index (χ0n) is 16.0. The summed E-state index contributed by atoms with van der Waals surface area (Å²) in [4.78, 5) is 11.1. The van der Waals surface area contributed by atoms with Crippen molar-refractivity contribution >= 4 is 18.1 Å². The molecule has 0 aliphatic carbocycles. The molecule has 0 spiro atoms. The van der Waals surface area contributed by atoms with Gasteiger partial charge in [0.2, 0.25) is 0 Å². The molecule has 0 saturated heterocycles. The van der Waals surface area contributed by atoms with E-state index in [0.29, 0.717) is 0 Å². The van der Waals surface area contributed by atoms with E-state index in [1.807, 2.05) is 12.1 Å². The van der Waals surface area contributed by atoms with Crippen LogP contribution in [0, 0.1) is 0 Å². The number of carbonyl (C=O) groups is 1. The Bertz CT molecular complexity index is 511. The molecule has 0 N–H and O–H groups in total. The van der Waals surface area contributed by atoms with Gasteiger partial charge in [0.05, 0.1) is 7.11 Å². The van der Waals surface area contributed by atoms with Gasteiger partial charge in [-0.15, -0.1) is 0 Å². The van der Waals surface area contributed by atoms with Gasteiger partial charge in [-0.2, -0.15) is 0 Å². The van der Waals surface area contributed by atoms with E-state index < -0.39 is 0 Å². The third-order valence-electron chi connectivity index (χ3n) is 4.33. The molecule has 0 amide bonds. The first-order chi connectivity index (χ1) is 12.3. The summed E-state index contributed by atoms with van der Waals surface area (Å²) in [6.45, 7) is 2.27. The summed E-state index contributed by atoms with van der Waals surface area (Å²) < 4.78 is 4.58. The molecule has 0 aliphatic heterocycles. The molecule has 2 heteroatoms. The van der Waals surface area contributed by atoms with Crippen LogP contribution in [0.1, 0.15) is 82.3 Å². The van der Waals surface area contributed by atoms with Crippen LogP contribution in [-0.4, -0.2) is 13.1 Å². The lowest BCUT2D eigenvalue weighted by atomic mass is 10.1. The molecular formula is C23H34O2. The molecule has 25 heavy (non-hydrogen) atoms. The van der Waals surface area contributed by atoms with E-state index in [9.17, 15) is 4.79 Å². The van der Waals surface area contributed by atoms with E-state index in [-0.39, 0.29) is 5.97 Å². The van der Waals surface area contributed by atoms with Crippen molar-refractivity contribution < 1.29 is 9.53 Å². The van der Waals surface area contributed by atoms with Gasteiger partial charge in [0.15, 0.2) is 0 Å². The van der Waals surface area contributed by atoms with Gasteiger partial charge in [-0.25, -0.2) is 4.79 Å². The van der Waals surface area contributed by atoms with E-state index in [0.717, 1.165) is 12.0 Å². The molecule has 0 aromatic heterocycles. The summed E-state index contributed by atoms with van der Waals surface area (Å²) in [7, 11) is 1.38. The summed E-state index contributed by atoms with van der Waals surface area (Å²) >= 11 is 0. The fraction of sp³-hybridized carbons (Fsp3) is 0.522. The summed E-state index contributed by atoms with van der Waals surface area (Å²) in [5.74, 6) is -0.329. The fourth-order valence-corrected chi connectivity index (χ4v) is 2.74. The second-order valence-electron chi connectivity index (χ2n) is 6.54. The summed E-state index contributed by atoms with van der Waals surface area (Å²) in [5.41, 5.74) is 2.20. The number of benzene rings is 1. The number of methoxy groups -OCH3 is 1. The molecule has 0 heterocycles. The third kappa shape index (κ3) is 11.4. The van der Waals surface area contributed by atoms with Crippen LogP contribution < -0.4 is 0 Å². The van der Waals surface area contributed by atoms with Crippen LogP contribution in [0.2, 0.25) is 0 Å². The van der Waals surface area contributed by atoms with Gasteiger partial charge in [0, 0.05) is 6.08 Å². The van der Waals surface area contributed by atoms with E-state index >= 15 is 0 Å². The topological polar surface area (TPSA) is 26.3 Å². The van der Waals surface area contributed by atoms with Crippen molar-refractivity contribution in [3.8, 4) is 0 Å². The number of hydrogen-bond donors (Lipinski definition) is 0. The monoisotopic (exact) mass is 342 g/mol. The molecule has 0 unspecified atom stereocenters. The Morgan fingerprint density at radius 3 is 1.92 bits per heavy atom. The summed E-state index contributed by atoms with van der Waals surface area (Å²) in [6, 6.07) is 8.17. The standard InChI is InChI=1S/C23H34O2/c1-3-4-5-6-7-8-9-10-11-12-13-14-21-15-17-22(18-16-21)19-20-23(24)25-2/h13-20H,3-12H2,1-2H3/b14-13-,20-19?. The minimum absolute atomic E-state index is 0.329. The largest absolute Gasteiger partial charge is 0.466 e. The highest BCUT2D eigenvalue weighted by atomic mass is 16.5. The zero-order chi connectivity index (χ0) is 18.2. The molecule has 1 aromatic carbocycles. The average molecular weight is 343 g/mol. The molecule has 0 bridgehead atoms. The molecule has 2 nitrogen and oxygen atoms in total. The minimum atomic E-state index is -0.329. The van der Waals surface area contributed by atoms with Gasteiger partial charge in [-0.3, -0.25) is 0 Å². The molecule has 0 aliphatic rings. The Labute approximate surface area is 154 Å². The lowest BCUT2D eigenvalue weighted by Gasteiger charge is -2.00. The second-order valence-corrected chi connectivity index (χ2v) is 6.54. The van der Waals surface area contributed by atoms with E-state index in [1.54, 1.807) is 6.08 Å². The first-order valence-electron chi connectivity index (χ1n) is 9.79. The lowest BCUT2D eigenvalue weighted by molar-refractivity contribution is -0.134. The Hall–Kier alpha value is -1.83. The maximum Gasteiger partial charge on any atom is 0.330 e. The Balaban J connectivity index is 2.12. The molecular weight excluding hydrogens is 308 g/mol. The normalized spacial score (nSPS) is 11.4. The number of esters is 1. The van der Waals surface area contributed by atoms with Crippen LogP contribution in [0.4, 0.5) is 0 Å². The second kappa shape index (κ2) is 14.5. The maximum atomic E-state index is 11.1. The Morgan fingerprint density at radius 2 is 1.36 bits per heavy atom. The van der Waals surface area contributed by atoms with Crippen molar-refractivity contribution in [2.45, 2.75) is 71.1 Å². The number of ether oxygens (including phenoxy) is 1. The molecule has 1 rings (SSSR count). The summed E-state index contributed by atoms with van der Waals surface area (Å²) in [5, 5.41) is 0. The number of hydrogen-bond acceptors (Lipinski definition) is 2. The molecule has 138 valence electrons. The predicted molar refractivity (Wildman–Crippen MR) is 108 cm³/mol. The zero-order valence-corrected chi connectivity index (χ0v) is 16.0. The van der Waals surface area contributed by atoms with Crippen LogP contribution in [0.3, 0.4) is 0 Å². The van der Waals surface area contributed by atoms with Gasteiger partial charge in [0.1, 0.15) is 0 Å². The van der Waals surface area contributed by atoms with Crippen molar-refractivity contribution in [1.29, 1.82) is 0 Å². The van der Waals surface area contributed by atoms with Gasteiger partial charge < -0.3 is 4.74 Å². The van der Waals surface area contributed by atoms with E-state index in [1.165, 1.54) is 76.5 Å². The van der Waals surface area contributed by atoms with Gasteiger partial charge >= 0.3 is 5.97 Å². The minimum Gasteiger partial charge on any atom is -0.466 e. The highest BCUT2D eigenvalue weighted by Gasteiger charge is 1.93. The van der Waals surface area contributed by atoms with Gasteiger partial charge in [-0.05, 0) is 30.0 Å². The van der Waals surface area contributed by atoms with Crippen LogP contribution in [0.5, 0.6) is 0 Å². The van der Waals surface area contributed by atoms with Crippen molar-refractivity contribution in [1.82, 2.24) is 0 Å². The van der Waals surface area contributed by atoms with E-state index in [2.05, 4.69) is 35.9 Å². The first-order valence-corrected chi connectivity index (χ1v) is 9.79. The van der Waals surface area contributed by atoms with Crippen molar-refractivity contribution in [3.05, 3.63) is 47.5 Å². The average Bonchev–Trinajstić information content (AvgIpc) is 2.65. The van der Waals surface area contributed by atoms with Crippen molar-refractivity contribution in [2.24, 2.45) is 0 Å². The van der Waals surface area contributed by atoms with Gasteiger partial charge in [0.25, 0.3) is 0 Å². The van der Waals surface area contributed by atoms with Crippen LogP contribution in [-0.2, 0) is 9.53 Å². The molecule has 1 aromatic rings. The van der Waals surface area contributed by atoms with Crippen molar-refractivity contribution in [2.75, 3.05) is 7.11 Å². The van der Waals surface area contributed by atoms with Gasteiger partial charge in [-0.1, -0.05) is 94.7 Å². The van der Waals surface area contributed by atoms with Crippen LogP contribution >= 0.6 is 0 Å². The SMILES string of the molecule is CCCCCCCCCCC/C=C\c1ccc(C=CC(=O)OC)cc1. The third-order valence-corrected chi connectivity index (χ3v) is 4.33. The quantitative estimate of drug-likeness (QED) is 0.224. The highest BCUT2D eigenvalue weighted by Crippen LogP contribution is 2.12. The fourth-order valence-electron chi connectivity index (χ4n) is 2.74. The van der Waals surface area contributed by atoms with Crippen molar-refractivity contribution in [3.63, 3.8) is 0 Å². The maximum absolute atomic E-state index is 11.1. The molecule has 0 atom stereocenters. The van der Waals surface area contributed by atoms with Crippen LogP contribution in [0.25, 0.3) is 12.2 Å². The Morgan fingerprint density at radius 1 is 0.840 bits per heavy atom. The smallest absolute Gasteiger partial charge is 0.330 e. The number of carbonyl (C=O) groups excluding carboxylic acids is 1. The van der Waals surface area contributed by atoms with E-state index in [4.69, 9.17) is 0 Å². The first kappa shape index (κ1) is 21.2. The molecule has 0 fully saturated rings. The highest BCUT2D eigenvalue weighted by molar-refractivity contribution is 5.86. The lowest BCUT2D eigenvalue weighted by Crippen LogP contribution is -1.93. The van der Waals surface area contributed by atoms with Crippen LogP contribution in [0.15, 0.2) is 36.4 Å². The number of rotatable bonds is 13. The predicted octanol–water partition coefficient (Wildman–Crippen LogP) is 6.81. The number of allylic oxidation sites excluding steroid dienone is 1. The molecule has 0 radical (unpaired) electrons.